The lowest BCUT2D eigenvalue weighted by atomic mass is 10.3. The van der Waals surface area contributed by atoms with E-state index >= 15 is 0 Å². The van der Waals surface area contributed by atoms with Crippen LogP contribution in [0, 0.1) is 23.1 Å². The fourth-order valence-electron chi connectivity index (χ4n) is 0.843. The average Bonchev–Trinajstić information content (AvgIpc) is 2.41. The monoisotopic (exact) mass is 303 g/mol. The molecule has 0 saturated carbocycles. The Hall–Kier alpha value is -1.38. The first kappa shape index (κ1) is 20.9. The van der Waals surface area contributed by atoms with Gasteiger partial charge in [0, 0.05) is 6.54 Å². The van der Waals surface area contributed by atoms with Crippen molar-refractivity contribution in [3.8, 4) is 6.07 Å². The first-order valence-corrected chi connectivity index (χ1v) is 6.91. The van der Waals surface area contributed by atoms with Gasteiger partial charge in [0.15, 0.2) is 11.6 Å². The molecule has 1 aromatic heterocycles. The van der Waals surface area contributed by atoms with Crippen LogP contribution in [0.1, 0.15) is 40.2 Å². The molecule has 6 heteroatoms. The summed E-state index contributed by atoms with van der Waals surface area (Å²) in [5.74, 6) is 0.0995. The van der Waals surface area contributed by atoms with Crippen LogP contribution in [0.3, 0.4) is 0 Å². The largest absolute Gasteiger partial charge is 0.395 e. The lowest BCUT2D eigenvalue weighted by Gasteiger charge is -2.05. The second-order valence-electron chi connectivity index (χ2n) is 4.15. The fraction of sp³-hybridized carbons (Fsp3) is 0.571. The smallest absolute Gasteiger partial charge is 0.166 e. The molecule has 0 bridgehead atoms. The van der Waals surface area contributed by atoms with Crippen LogP contribution in [0.25, 0.3) is 0 Å². The third kappa shape index (κ3) is 9.54. The van der Waals surface area contributed by atoms with Gasteiger partial charge < -0.3 is 10.4 Å². The summed E-state index contributed by atoms with van der Waals surface area (Å²) in [6.45, 7) is 10.5. The summed E-state index contributed by atoms with van der Waals surface area (Å²) in [6, 6.07) is 2.70. The Morgan fingerprint density at radius 2 is 1.95 bits per heavy atom. The van der Waals surface area contributed by atoms with Crippen LogP contribution in [0.2, 0.25) is 5.15 Å². The van der Waals surface area contributed by atoms with E-state index in [0.717, 1.165) is 12.0 Å². The van der Waals surface area contributed by atoms with Crippen LogP contribution in [0.15, 0.2) is 6.07 Å². The normalized spacial score (nSPS) is 8.80. The summed E-state index contributed by atoms with van der Waals surface area (Å²) in [5.41, 5.74) is -0.0151. The van der Waals surface area contributed by atoms with Crippen molar-refractivity contribution in [1.82, 2.24) is 4.98 Å². The van der Waals surface area contributed by atoms with Crippen molar-refractivity contribution >= 4 is 17.4 Å². The fourth-order valence-corrected chi connectivity index (χ4v) is 1.02. The highest BCUT2D eigenvalue weighted by Gasteiger charge is 2.09. The van der Waals surface area contributed by atoms with Gasteiger partial charge in [-0.1, -0.05) is 46.2 Å². The van der Waals surface area contributed by atoms with E-state index in [9.17, 15) is 4.39 Å². The molecule has 1 heterocycles. The zero-order valence-electron chi connectivity index (χ0n) is 12.7. The minimum absolute atomic E-state index is 0.0151. The number of nitrogens with zero attached hydrogens (tertiary/aromatic N) is 2. The highest BCUT2D eigenvalue weighted by Crippen LogP contribution is 2.19. The van der Waals surface area contributed by atoms with Gasteiger partial charge >= 0.3 is 0 Å². The number of anilines is 1. The molecule has 114 valence electrons. The molecule has 0 fully saturated rings. The molecule has 0 aliphatic rings. The van der Waals surface area contributed by atoms with Crippen molar-refractivity contribution in [2.75, 3.05) is 18.5 Å². The predicted octanol–water partition coefficient (Wildman–Crippen LogP) is 3.84. The van der Waals surface area contributed by atoms with Crippen LogP contribution < -0.4 is 5.32 Å². The number of nitriles is 1. The molecule has 0 spiro atoms. The van der Waals surface area contributed by atoms with Crippen LogP contribution in [0.4, 0.5) is 10.2 Å². The van der Waals surface area contributed by atoms with Crippen LogP contribution in [-0.4, -0.2) is 23.2 Å². The molecule has 1 aromatic rings. The molecule has 20 heavy (non-hydrogen) atoms. The van der Waals surface area contributed by atoms with Gasteiger partial charge in [0.05, 0.1) is 12.2 Å². The third-order valence-corrected chi connectivity index (χ3v) is 1.74. The van der Waals surface area contributed by atoms with Gasteiger partial charge in [0.25, 0.3) is 0 Å². The van der Waals surface area contributed by atoms with Gasteiger partial charge in [0.1, 0.15) is 11.2 Å². The molecule has 0 amide bonds. The number of halogens is 2. The Morgan fingerprint density at radius 1 is 1.45 bits per heavy atom. The molecule has 0 aromatic carbocycles. The van der Waals surface area contributed by atoms with Crippen molar-refractivity contribution in [3.05, 3.63) is 22.6 Å². The molecule has 0 saturated heterocycles. The van der Waals surface area contributed by atoms with Crippen LogP contribution in [-0.2, 0) is 0 Å². The number of pyridine rings is 1. The topological polar surface area (TPSA) is 68.9 Å². The summed E-state index contributed by atoms with van der Waals surface area (Å²) in [7, 11) is 0. The van der Waals surface area contributed by atoms with Gasteiger partial charge in [-0.25, -0.2) is 9.37 Å². The number of aliphatic hydroxyl groups excluding tert-OH is 1. The minimum atomic E-state index is -0.667. The molecule has 0 unspecified atom stereocenters. The zero-order valence-corrected chi connectivity index (χ0v) is 13.4. The summed E-state index contributed by atoms with van der Waals surface area (Å²) in [6.07, 6.45) is 0. The molecule has 1 rings (SSSR count). The van der Waals surface area contributed by atoms with Crippen molar-refractivity contribution in [1.29, 1.82) is 5.26 Å². The lowest BCUT2D eigenvalue weighted by molar-refractivity contribution is 0.310. The number of aromatic nitrogens is 1. The Balaban J connectivity index is 0. The van der Waals surface area contributed by atoms with Gasteiger partial charge in [-0.3, -0.25) is 0 Å². The molecular weight excluding hydrogens is 281 g/mol. The van der Waals surface area contributed by atoms with E-state index in [1.165, 1.54) is 0 Å². The van der Waals surface area contributed by atoms with Crippen molar-refractivity contribution in [2.45, 2.75) is 34.6 Å². The quantitative estimate of drug-likeness (QED) is 0.832. The lowest BCUT2D eigenvalue weighted by Crippen LogP contribution is -2.09. The zero-order chi connectivity index (χ0) is 16.1. The molecule has 2 N–H and O–H groups in total. The summed E-state index contributed by atoms with van der Waals surface area (Å²) in [4.78, 5) is 3.63. The number of aliphatic hydroxyl groups is 1. The number of hydrogen-bond acceptors (Lipinski definition) is 4. The van der Waals surface area contributed by atoms with Crippen molar-refractivity contribution in [2.24, 2.45) is 5.92 Å². The summed E-state index contributed by atoms with van der Waals surface area (Å²) >= 11 is 5.58. The predicted molar refractivity (Wildman–Crippen MR) is 81.4 cm³/mol. The minimum Gasteiger partial charge on any atom is -0.395 e. The van der Waals surface area contributed by atoms with Gasteiger partial charge in [-0.05, 0) is 12.0 Å². The Kier molecular flexibility index (Phi) is 13.2. The Labute approximate surface area is 125 Å². The first-order valence-electron chi connectivity index (χ1n) is 6.53. The van der Waals surface area contributed by atoms with E-state index in [2.05, 4.69) is 31.1 Å². The van der Waals surface area contributed by atoms with E-state index in [1.807, 2.05) is 13.8 Å². The standard InChI is InChI=1S/C8H7ClFN3O.C4H10.C2H6/c9-7-5(4-11)3-6(10)8(13-7)12-1-2-14;1-4(2)3;1-2/h3,14H,1-2H2,(H,12,13);4H,1-3H3;1-2H3. The van der Waals surface area contributed by atoms with Crippen LogP contribution >= 0.6 is 11.6 Å². The van der Waals surface area contributed by atoms with Gasteiger partial charge in [0.2, 0.25) is 0 Å². The van der Waals surface area contributed by atoms with E-state index in [0.29, 0.717) is 0 Å². The first-order chi connectivity index (χ1) is 9.42. The van der Waals surface area contributed by atoms with E-state index in [-0.39, 0.29) is 29.7 Å². The Bertz CT molecular complexity index is 417. The van der Waals surface area contributed by atoms with Crippen molar-refractivity contribution < 1.29 is 9.50 Å². The Morgan fingerprint density at radius 3 is 2.35 bits per heavy atom. The third-order valence-electron chi connectivity index (χ3n) is 1.45. The molecular formula is C14H23ClFN3O. The molecule has 0 aliphatic heterocycles. The molecule has 0 atom stereocenters. The summed E-state index contributed by atoms with van der Waals surface area (Å²) < 4.78 is 13.1. The average molecular weight is 304 g/mol. The highest BCUT2D eigenvalue weighted by atomic mass is 35.5. The van der Waals surface area contributed by atoms with E-state index in [1.54, 1.807) is 6.07 Å². The maximum absolute atomic E-state index is 13.1. The molecule has 4 nitrogen and oxygen atoms in total. The molecule has 0 aliphatic carbocycles. The maximum atomic E-state index is 13.1. The van der Waals surface area contributed by atoms with E-state index < -0.39 is 5.82 Å². The second-order valence-corrected chi connectivity index (χ2v) is 4.51. The van der Waals surface area contributed by atoms with Gasteiger partial charge in [-0.15, -0.1) is 0 Å². The number of hydrogen-bond donors (Lipinski definition) is 2. The second kappa shape index (κ2) is 12.6. The summed E-state index contributed by atoms with van der Waals surface area (Å²) in [5, 5.41) is 19.5. The number of rotatable bonds is 3. The molecule has 0 radical (unpaired) electrons. The number of nitrogens with one attached hydrogen (secondary N) is 1. The SMILES string of the molecule is CC.CC(C)C.N#Cc1cc(F)c(NCCO)nc1Cl. The maximum Gasteiger partial charge on any atom is 0.166 e. The van der Waals surface area contributed by atoms with E-state index in [4.69, 9.17) is 22.0 Å². The van der Waals surface area contributed by atoms with Crippen LogP contribution in [0.5, 0.6) is 0 Å². The highest BCUT2D eigenvalue weighted by molar-refractivity contribution is 6.30. The van der Waals surface area contributed by atoms with Gasteiger partial charge in [-0.2, -0.15) is 5.26 Å². The van der Waals surface area contributed by atoms with Crippen molar-refractivity contribution in [3.63, 3.8) is 0 Å².